The number of carbonyl (C=O) groups is 1. The highest BCUT2D eigenvalue weighted by Crippen LogP contribution is 2.26. The zero-order valence-electron chi connectivity index (χ0n) is 10.4. The molecule has 0 saturated carbocycles. The third-order valence-electron chi connectivity index (χ3n) is 2.21. The standard InChI is InChI=1S/C13H9ClF2N2O3/c14-10-6-8(7-17-11(10)21-12(15)16)18-13(19)20-9-4-2-1-3-5-9/h1-7,12H,(H,18,19). The predicted octanol–water partition coefficient (Wildman–Crippen LogP) is 3.95. The first-order valence-corrected chi connectivity index (χ1v) is 6.06. The number of benzene rings is 1. The lowest BCUT2D eigenvalue weighted by Crippen LogP contribution is -2.17. The van der Waals surface area contributed by atoms with Crippen LogP contribution >= 0.6 is 11.6 Å². The fourth-order valence-corrected chi connectivity index (χ4v) is 1.61. The Hall–Kier alpha value is -2.41. The van der Waals surface area contributed by atoms with Gasteiger partial charge in [0.05, 0.1) is 11.9 Å². The van der Waals surface area contributed by atoms with E-state index in [0.29, 0.717) is 5.75 Å². The van der Waals surface area contributed by atoms with Crippen LogP contribution in [0.1, 0.15) is 0 Å². The van der Waals surface area contributed by atoms with E-state index in [1.165, 1.54) is 6.07 Å². The summed E-state index contributed by atoms with van der Waals surface area (Å²) in [7, 11) is 0. The van der Waals surface area contributed by atoms with Crippen molar-refractivity contribution in [1.29, 1.82) is 0 Å². The predicted molar refractivity (Wildman–Crippen MR) is 72.0 cm³/mol. The number of pyridine rings is 1. The molecule has 1 N–H and O–H groups in total. The highest BCUT2D eigenvalue weighted by molar-refractivity contribution is 6.32. The Morgan fingerprint density at radius 1 is 1.29 bits per heavy atom. The Labute approximate surface area is 123 Å². The van der Waals surface area contributed by atoms with Gasteiger partial charge in [-0.2, -0.15) is 8.78 Å². The number of anilines is 1. The van der Waals surface area contributed by atoms with E-state index in [1.807, 2.05) is 0 Å². The molecule has 0 saturated heterocycles. The molecular weight excluding hydrogens is 306 g/mol. The molecule has 8 heteroatoms. The molecule has 0 aliphatic heterocycles. The summed E-state index contributed by atoms with van der Waals surface area (Å²) in [6.07, 6.45) is 0.358. The van der Waals surface area contributed by atoms with Crippen molar-refractivity contribution in [2.45, 2.75) is 6.61 Å². The maximum Gasteiger partial charge on any atom is 0.417 e. The Bertz CT molecular complexity index is 626. The Morgan fingerprint density at radius 3 is 2.62 bits per heavy atom. The Morgan fingerprint density at radius 2 is 2.00 bits per heavy atom. The molecule has 0 spiro atoms. The van der Waals surface area contributed by atoms with Crippen LogP contribution in [0.5, 0.6) is 11.6 Å². The highest BCUT2D eigenvalue weighted by atomic mass is 35.5. The van der Waals surface area contributed by atoms with Crippen molar-refractivity contribution in [3.05, 3.63) is 47.6 Å². The molecule has 1 aromatic carbocycles. The summed E-state index contributed by atoms with van der Waals surface area (Å²) in [5, 5.41) is 2.20. The van der Waals surface area contributed by atoms with Crippen molar-refractivity contribution in [2.24, 2.45) is 0 Å². The molecule has 0 bridgehead atoms. The second-order valence-electron chi connectivity index (χ2n) is 3.72. The van der Waals surface area contributed by atoms with E-state index in [0.717, 1.165) is 6.20 Å². The minimum atomic E-state index is -3.03. The lowest BCUT2D eigenvalue weighted by atomic mass is 10.3. The fourth-order valence-electron chi connectivity index (χ4n) is 1.40. The topological polar surface area (TPSA) is 60.5 Å². The Kier molecular flexibility index (Phi) is 4.89. The smallest absolute Gasteiger partial charge is 0.415 e. The van der Waals surface area contributed by atoms with Gasteiger partial charge >= 0.3 is 12.7 Å². The lowest BCUT2D eigenvalue weighted by molar-refractivity contribution is -0.0527. The van der Waals surface area contributed by atoms with E-state index in [4.69, 9.17) is 16.3 Å². The number of ether oxygens (including phenoxy) is 2. The minimum absolute atomic E-state index is 0.159. The van der Waals surface area contributed by atoms with Gasteiger partial charge in [-0.05, 0) is 18.2 Å². The number of nitrogens with zero attached hydrogens (tertiary/aromatic N) is 1. The molecule has 2 aromatic rings. The van der Waals surface area contributed by atoms with Crippen molar-refractivity contribution >= 4 is 23.4 Å². The summed E-state index contributed by atoms with van der Waals surface area (Å²) >= 11 is 5.70. The van der Waals surface area contributed by atoms with Gasteiger partial charge in [0.25, 0.3) is 0 Å². The van der Waals surface area contributed by atoms with E-state index in [2.05, 4.69) is 15.0 Å². The molecule has 5 nitrogen and oxygen atoms in total. The van der Waals surface area contributed by atoms with Gasteiger partial charge in [-0.15, -0.1) is 0 Å². The number of para-hydroxylation sites is 1. The van der Waals surface area contributed by atoms with Crippen molar-refractivity contribution in [3.8, 4) is 11.6 Å². The molecule has 0 aliphatic rings. The largest absolute Gasteiger partial charge is 0.417 e. The number of hydrogen-bond acceptors (Lipinski definition) is 4. The van der Waals surface area contributed by atoms with Crippen LogP contribution in [-0.2, 0) is 0 Å². The van der Waals surface area contributed by atoms with Gasteiger partial charge in [0.15, 0.2) is 0 Å². The molecule has 1 aromatic heterocycles. The number of halogens is 3. The second-order valence-corrected chi connectivity index (χ2v) is 4.12. The molecule has 0 atom stereocenters. The SMILES string of the molecule is O=C(Nc1cnc(OC(F)F)c(Cl)c1)Oc1ccccc1. The van der Waals surface area contributed by atoms with Crippen LogP contribution in [-0.4, -0.2) is 17.7 Å². The maximum absolute atomic E-state index is 12.0. The van der Waals surface area contributed by atoms with Crippen LogP contribution in [0.2, 0.25) is 5.02 Å². The van der Waals surface area contributed by atoms with Gasteiger partial charge in [0.2, 0.25) is 5.88 Å². The van der Waals surface area contributed by atoms with E-state index >= 15 is 0 Å². The van der Waals surface area contributed by atoms with Crippen LogP contribution in [0, 0.1) is 0 Å². The summed E-state index contributed by atoms with van der Waals surface area (Å²) < 4.78 is 33.1. The third kappa shape index (κ3) is 4.57. The molecule has 0 radical (unpaired) electrons. The Balaban J connectivity index is 1.99. The molecule has 1 amide bonds. The lowest BCUT2D eigenvalue weighted by Gasteiger charge is -2.09. The average Bonchev–Trinajstić information content (AvgIpc) is 2.42. The van der Waals surface area contributed by atoms with Crippen LogP contribution < -0.4 is 14.8 Å². The van der Waals surface area contributed by atoms with Crippen LogP contribution in [0.3, 0.4) is 0 Å². The zero-order chi connectivity index (χ0) is 15.2. The number of hydrogen-bond donors (Lipinski definition) is 1. The summed E-state index contributed by atoms with van der Waals surface area (Å²) in [4.78, 5) is 15.2. The van der Waals surface area contributed by atoms with Crippen LogP contribution in [0.25, 0.3) is 0 Å². The third-order valence-corrected chi connectivity index (χ3v) is 2.48. The summed E-state index contributed by atoms with van der Waals surface area (Å²) in [6.45, 7) is -3.03. The maximum atomic E-state index is 12.0. The van der Waals surface area contributed by atoms with E-state index < -0.39 is 18.6 Å². The van der Waals surface area contributed by atoms with Gasteiger partial charge in [0.1, 0.15) is 10.8 Å². The molecular formula is C13H9ClF2N2O3. The number of amides is 1. The second kappa shape index (κ2) is 6.85. The molecule has 2 rings (SSSR count). The first-order valence-electron chi connectivity index (χ1n) is 5.69. The molecule has 0 fully saturated rings. The van der Waals surface area contributed by atoms with Crippen molar-refractivity contribution in [1.82, 2.24) is 4.98 Å². The number of nitrogens with one attached hydrogen (secondary N) is 1. The number of alkyl halides is 2. The van der Waals surface area contributed by atoms with Crippen molar-refractivity contribution in [3.63, 3.8) is 0 Å². The van der Waals surface area contributed by atoms with Gasteiger partial charge in [-0.1, -0.05) is 29.8 Å². The average molecular weight is 315 g/mol. The van der Waals surface area contributed by atoms with Gasteiger partial charge in [-0.3, -0.25) is 5.32 Å². The number of aromatic nitrogens is 1. The molecule has 21 heavy (non-hydrogen) atoms. The normalized spacial score (nSPS) is 10.3. The van der Waals surface area contributed by atoms with Gasteiger partial charge in [0, 0.05) is 0 Å². The quantitative estimate of drug-likeness (QED) is 0.928. The summed E-state index contributed by atoms with van der Waals surface area (Å²) in [5.74, 6) is -0.0691. The van der Waals surface area contributed by atoms with E-state index in [-0.39, 0.29) is 10.7 Å². The van der Waals surface area contributed by atoms with Crippen molar-refractivity contribution in [2.75, 3.05) is 5.32 Å². The minimum Gasteiger partial charge on any atom is -0.415 e. The highest BCUT2D eigenvalue weighted by Gasteiger charge is 2.12. The monoisotopic (exact) mass is 314 g/mol. The van der Waals surface area contributed by atoms with Crippen LogP contribution in [0.4, 0.5) is 19.3 Å². The number of rotatable bonds is 4. The first kappa shape index (κ1) is 15.0. The summed E-state index contributed by atoms with van der Waals surface area (Å²) in [6, 6.07) is 9.61. The van der Waals surface area contributed by atoms with Gasteiger partial charge < -0.3 is 9.47 Å². The molecule has 0 unspecified atom stereocenters. The molecule has 0 aliphatic carbocycles. The first-order chi connectivity index (χ1) is 10.0. The van der Waals surface area contributed by atoms with Gasteiger partial charge in [-0.25, -0.2) is 9.78 Å². The molecule has 110 valence electrons. The number of carbonyl (C=O) groups excluding carboxylic acids is 1. The van der Waals surface area contributed by atoms with E-state index in [1.54, 1.807) is 30.3 Å². The summed E-state index contributed by atoms with van der Waals surface area (Å²) in [5.41, 5.74) is 0.183. The molecule has 1 heterocycles. The van der Waals surface area contributed by atoms with E-state index in [9.17, 15) is 13.6 Å². The zero-order valence-corrected chi connectivity index (χ0v) is 11.2. The van der Waals surface area contributed by atoms with Crippen LogP contribution in [0.15, 0.2) is 42.6 Å². The van der Waals surface area contributed by atoms with Crippen molar-refractivity contribution < 1.29 is 23.0 Å². The fraction of sp³-hybridized carbons (Fsp3) is 0.0769.